The van der Waals surface area contributed by atoms with E-state index in [9.17, 15) is 0 Å². The number of thiophene rings is 2. The first kappa shape index (κ1) is 55.4. The van der Waals surface area contributed by atoms with Crippen LogP contribution in [-0.2, 0) is 23.9 Å². The van der Waals surface area contributed by atoms with Crippen molar-refractivity contribution in [2.45, 2.75) is 253 Å². The van der Waals surface area contributed by atoms with Crippen LogP contribution in [0.3, 0.4) is 0 Å². The Hall–Kier alpha value is -3.32. The second kappa shape index (κ2) is 27.3. The second-order valence-corrected chi connectivity index (χ2v) is 24.5. The van der Waals surface area contributed by atoms with Crippen LogP contribution in [-0.4, -0.2) is 8.75 Å². The predicted molar refractivity (Wildman–Crippen MR) is 316 cm³/mol. The molecule has 4 heterocycles. The first-order valence-corrected chi connectivity index (χ1v) is 31.5. The molecule has 1 unspecified atom stereocenters. The Labute approximate surface area is 444 Å². The molecule has 3 aromatic heterocycles. The Morgan fingerprint density at radius 1 is 0.535 bits per heavy atom. The number of aryl methyl sites for hydroxylation is 2. The topological polar surface area (TPSA) is 35.0 Å². The van der Waals surface area contributed by atoms with Crippen LogP contribution < -0.4 is 4.74 Å². The van der Waals surface area contributed by atoms with Gasteiger partial charge in [0, 0.05) is 47.2 Å². The Morgan fingerprint density at radius 3 is 1.62 bits per heavy atom. The zero-order valence-corrected chi connectivity index (χ0v) is 48.4. The van der Waals surface area contributed by atoms with Crippen LogP contribution in [0.25, 0.3) is 53.5 Å². The number of hydrogen-bond donors (Lipinski definition) is 0. The lowest BCUT2D eigenvalue weighted by Crippen LogP contribution is -2.36. The third-order valence-corrected chi connectivity index (χ3v) is 20.0. The number of rotatable bonds is 32. The number of ether oxygens (including phenoxy) is 1. The van der Waals surface area contributed by atoms with Crippen LogP contribution >= 0.6 is 34.4 Å². The summed E-state index contributed by atoms with van der Waals surface area (Å²) >= 11 is 5.38. The Kier molecular flexibility index (Phi) is 21.3. The molecule has 0 saturated heterocycles. The molecule has 6 heteroatoms. The molecule has 0 radical (unpaired) electrons. The van der Waals surface area contributed by atoms with Gasteiger partial charge in [0.1, 0.15) is 22.4 Å². The van der Waals surface area contributed by atoms with Gasteiger partial charge in [0.25, 0.3) is 0 Å². The van der Waals surface area contributed by atoms with Gasteiger partial charge < -0.3 is 4.74 Å². The maximum absolute atomic E-state index is 7.67. The number of benzene rings is 3. The first-order chi connectivity index (χ1) is 34.7. The van der Waals surface area contributed by atoms with Crippen LogP contribution in [0, 0.1) is 0 Å². The standard InChI is InChI=1S/C65H92N2OS3/c1-10-17-21-25-27-31-41-65(42-32-28-26-22-18-11-2)56-43-50(36-37-52(56)53-38-35-48(47(8)14-5)44-57(53)68-65)62-49(33-29-23-19-12-3)45-58(69-62)54-39-40-55(61-60(54)66-71-67-61)59-46-51(34-30-24-20-13-4)63(70-59)64(9,15-6)16-7/h35-40,43-47H,10-34,41-42H2,1-9H3. The molecular formula is C65H92N2OS3. The van der Waals surface area contributed by atoms with Gasteiger partial charge in [0.15, 0.2) is 0 Å². The second-order valence-electron chi connectivity index (χ2n) is 21.9. The van der Waals surface area contributed by atoms with Gasteiger partial charge in [-0.1, -0.05) is 201 Å². The molecule has 0 fully saturated rings. The van der Waals surface area contributed by atoms with E-state index in [0.717, 1.165) is 61.7 Å². The van der Waals surface area contributed by atoms with Crippen molar-refractivity contribution in [1.82, 2.24) is 8.75 Å². The van der Waals surface area contributed by atoms with Gasteiger partial charge in [-0.05, 0) is 129 Å². The molecule has 1 aliphatic heterocycles. The third-order valence-electron chi connectivity index (χ3n) is 16.7. The molecule has 1 atom stereocenters. The van der Waals surface area contributed by atoms with Gasteiger partial charge in [-0.25, -0.2) is 0 Å². The van der Waals surface area contributed by atoms with Crippen molar-refractivity contribution < 1.29 is 4.74 Å². The summed E-state index contributed by atoms with van der Waals surface area (Å²) in [5.74, 6) is 1.61. The summed E-state index contributed by atoms with van der Waals surface area (Å²) in [7, 11) is 0. The molecule has 7 rings (SSSR count). The largest absolute Gasteiger partial charge is 0.482 e. The number of fused-ring (bicyclic) bond motifs is 4. The highest BCUT2D eigenvalue weighted by atomic mass is 32.1. The summed E-state index contributed by atoms with van der Waals surface area (Å²) < 4.78 is 17.9. The minimum atomic E-state index is -0.347. The SMILES string of the molecule is CCCCCCCCC1(CCCCCCCC)Oc2cc(C(C)CC)ccc2-c2ccc(-c3sc(-c4ccc(-c5cc(CCCCCC)c(C(C)(CC)CC)s5)c5nsnc45)cc3CCCCCC)cc21. The quantitative estimate of drug-likeness (QED) is 0.0395. The predicted octanol–water partition coefficient (Wildman–Crippen LogP) is 22.4. The van der Waals surface area contributed by atoms with E-state index in [1.54, 1.807) is 10.4 Å². The fourth-order valence-electron chi connectivity index (χ4n) is 11.4. The molecule has 0 saturated carbocycles. The molecule has 0 bridgehead atoms. The Bertz CT molecular complexity index is 2540. The van der Waals surface area contributed by atoms with Crippen LogP contribution in [0.1, 0.15) is 256 Å². The van der Waals surface area contributed by atoms with Crippen molar-refractivity contribution in [1.29, 1.82) is 0 Å². The highest BCUT2D eigenvalue weighted by Gasteiger charge is 2.41. The smallest absolute Gasteiger partial charge is 0.135 e. The van der Waals surface area contributed by atoms with Gasteiger partial charge in [-0.2, -0.15) is 8.75 Å². The van der Waals surface area contributed by atoms with Gasteiger partial charge in [0.05, 0.1) is 11.7 Å². The minimum absolute atomic E-state index is 0.189. The van der Waals surface area contributed by atoms with Crippen molar-refractivity contribution in [2.75, 3.05) is 0 Å². The molecule has 3 nitrogen and oxygen atoms in total. The lowest BCUT2D eigenvalue weighted by Gasteiger charge is -2.41. The van der Waals surface area contributed by atoms with E-state index in [2.05, 4.69) is 123 Å². The Balaban J connectivity index is 1.32. The van der Waals surface area contributed by atoms with E-state index in [0.29, 0.717) is 5.92 Å². The van der Waals surface area contributed by atoms with Gasteiger partial charge in [-0.3, -0.25) is 0 Å². The maximum Gasteiger partial charge on any atom is 0.135 e. The monoisotopic (exact) mass is 1010 g/mol. The van der Waals surface area contributed by atoms with Crippen molar-refractivity contribution in [2.24, 2.45) is 0 Å². The van der Waals surface area contributed by atoms with Crippen LogP contribution in [0.2, 0.25) is 0 Å². The first-order valence-electron chi connectivity index (χ1n) is 29.2. The summed E-state index contributed by atoms with van der Waals surface area (Å²) in [6.45, 7) is 21.2. The number of aromatic nitrogens is 2. The van der Waals surface area contributed by atoms with Crippen LogP contribution in [0.4, 0.5) is 0 Å². The minimum Gasteiger partial charge on any atom is -0.482 e. The third kappa shape index (κ3) is 13.3. The van der Waals surface area contributed by atoms with Crippen molar-refractivity contribution in [3.63, 3.8) is 0 Å². The molecule has 0 amide bonds. The Morgan fingerprint density at radius 2 is 1.04 bits per heavy atom. The summed E-state index contributed by atoms with van der Waals surface area (Å²) in [6, 6.07) is 24.5. The molecule has 3 aromatic carbocycles. The zero-order chi connectivity index (χ0) is 50.2. The summed E-state index contributed by atoms with van der Waals surface area (Å²) in [6.07, 6.45) is 33.5. The molecule has 6 aromatic rings. The van der Waals surface area contributed by atoms with Crippen molar-refractivity contribution in [3.05, 3.63) is 87.8 Å². The van der Waals surface area contributed by atoms with E-state index in [-0.39, 0.29) is 11.0 Å². The molecule has 71 heavy (non-hydrogen) atoms. The maximum atomic E-state index is 7.67. The van der Waals surface area contributed by atoms with Gasteiger partial charge >= 0.3 is 0 Å². The normalized spacial score (nSPS) is 13.7. The van der Waals surface area contributed by atoms with E-state index in [1.165, 1.54) is 199 Å². The average Bonchev–Trinajstić information content (AvgIpc) is 4.18. The summed E-state index contributed by atoms with van der Waals surface area (Å²) in [5, 5.41) is 0. The number of hydrogen-bond acceptors (Lipinski definition) is 6. The molecule has 386 valence electrons. The molecule has 0 aliphatic carbocycles. The highest BCUT2D eigenvalue weighted by molar-refractivity contribution is 7.19. The van der Waals surface area contributed by atoms with Crippen LogP contribution in [0.15, 0.2) is 60.7 Å². The van der Waals surface area contributed by atoms with Gasteiger partial charge in [0.2, 0.25) is 0 Å². The molecular weight excluding hydrogens is 921 g/mol. The van der Waals surface area contributed by atoms with E-state index in [4.69, 9.17) is 13.5 Å². The van der Waals surface area contributed by atoms with Crippen molar-refractivity contribution >= 4 is 45.4 Å². The fourth-order valence-corrected chi connectivity index (χ4v) is 14.7. The molecule has 1 aliphatic rings. The lowest BCUT2D eigenvalue weighted by molar-refractivity contribution is 0.0385. The van der Waals surface area contributed by atoms with Crippen LogP contribution in [0.5, 0.6) is 5.75 Å². The summed E-state index contributed by atoms with van der Waals surface area (Å²) in [5.41, 5.74) is 14.3. The average molecular weight is 1010 g/mol. The van der Waals surface area contributed by atoms with E-state index in [1.807, 2.05) is 22.7 Å². The zero-order valence-electron chi connectivity index (χ0n) is 46.0. The number of unbranched alkanes of at least 4 members (excludes halogenated alkanes) is 16. The molecule has 0 spiro atoms. The molecule has 0 N–H and O–H groups in total. The lowest BCUT2D eigenvalue weighted by atomic mass is 9.76. The van der Waals surface area contributed by atoms with Crippen molar-refractivity contribution in [3.8, 4) is 48.2 Å². The van der Waals surface area contributed by atoms with Gasteiger partial charge in [-0.15, -0.1) is 22.7 Å². The highest BCUT2D eigenvalue weighted by Crippen LogP contribution is 2.53. The number of nitrogens with zero attached hydrogens (tertiary/aromatic N) is 2. The summed E-state index contributed by atoms with van der Waals surface area (Å²) in [4.78, 5) is 5.67. The van der Waals surface area contributed by atoms with E-state index < -0.39 is 0 Å². The van der Waals surface area contributed by atoms with E-state index >= 15 is 0 Å². The fraction of sp³-hybridized carbons (Fsp3) is 0.600.